The van der Waals surface area contributed by atoms with Crippen LogP contribution >= 0.6 is 0 Å². The Balaban J connectivity index is 2.26. The van der Waals surface area contributed by atoms with Gasteiger partial charge in [0.1, 0.15) is 5.75 Å². The molecular formula is C10H14N2O. The highest BCUT2D eigenvalue weighted by Gasteiger charge is 2.20. The summed E-state index contributed by atoms with van der Waals surface area (Å²) in [6, 6.07) is 3.88. The van der Waals surface area contributed by atoms with E-state index >= 15 is 0 Å². The van der Waals surface area contributed by atoms with Crippen molar-refractivity contribution in [3.05, 3.63) is 24.0 Å². The molecule has 13 heavy (non-hydrogen) atoms. The number of hydrogen-bond donors (Lipinski definition) is 1. The molecular weight excluding hydrogens is 164 g/mol. The molecule has 1 atom stereocenters. The van der Waals surface area contributed by atoms with E-state index in [-0.39, 0.29) is 0 Å². The minimum Gasteiger partial charge on any atom is -0.495 e. The van der Waals surface area contributed by atoms with Gasteiger partial charge in [-0.3, -0.25) is 4.98 Å². The third kappa shape index (κ3) is 1.65. The molecule has 2 heterocycles. The quantitative estimate of drug-likeness (QED) is 0.738. The van der Waals surface area contributed by atoms with E-state index in [1.165, 1.54) is 0 Å². The molecule has 2 rings (SSSR count). The molecule has 70 valence electrons. The summed E-state index contributed by atoms with van der Waals surface area (Å²) in [7, 11) is 1.70. The van der Waals surface area contributed by atoms with Crippen LogP contribution in [-0.2, 0) is 0 Å². The van der Waals surface area contributed by atoms with Crippen molar-refractivity contribution in [2.24, 2.45) is 0 Å². The van der Waals surface area contributed by atoms with Crippen LogP contribution in [0, 0.1) is 0 Å². The monoisotopic (exact) mass is 178 g/mol. The summed E-state index contributed by atoms with van der Waals surface area (Å²) in [5.74, 6) is 1.44. The Hall–Kier alpha value is -1.09. The first kappa shape index (κ1) is 8.51. The van der Waals surface area contributed by atoms with Gasteiger partial charge in [-0.05, 0) is 25.1 Å². The summed E-state index contributed by atoms with van der Waals surface area (Å²) in [6.45, 7) is 2.11. The van der Waals surface area contributed by atoms with Crippen LogP contribution in [0.5, 0.6) is 5.75 Å². The maximum absolute atomic E-state index is 5.27. The van der Waals surface area contributed by atoms with Crippen LogP contribution < -0.4 is 10.1 Å². The lowest BCUT2D eigenvalue weighted by Gasteiger charge is -2.11. The van der Waals surface area contributed by atoms with Gasteiger partial charge in [-0.2, -0.15) is 0 Å². The molecule has 1 fully saturated rings. The van der Waals surface area contributed by atoms with Crippen LogP contribution in [0.15, 0.2) is 18.3 Å². The van der Waals surface area contributed by atoms with Crippen molar-refractivity contribution in [3.63, 3.8) is 0 Å². The lowest BCUT2D eigenvalue weighted by molar-refractivity contribution is 0.403. The molecule has 0 spiro atoms. The van der Waals surface area contributed by atoms with E-state index in [1.54, 1.807) is 7.11 Å². The summed E-state index contributed by atoms with van der Waals surface area (Å²) < 4.78 is 5.27. The molecule has 3 nitrogen and oxygen atoms in total. The van der Waals surface area contributed by atoms with Gasteiger partial charge in [-0.1, -0.05) is 0 Å². The van der Waals surface area contributed by atoms with Crippen molar-refractivity contribution in [1.82, 2.24) is 10.3 Å². The molecule has 1 N–H and O–H groups in total. The van der Waals surface area contributed by atoms with Crippen LogP contribution in [0.2, 0.25) is 0 Å². The highest BCUT2D eigenvalue weighted by atomic mass is 16.5. The molecule has 0 radical (unpaired) electrons. The van der Waals surface area contributed by atoms with Crippen molar-refractivity contribution >= 4 is 0 Å². The molecule has 3 heteroatoms. The Kier molecular flexibility index (Phi) is 2.45. The van der Waals surface area contributed by atoms with E-state index < -0.39 is 0 Å². The number of pyridine rings is 1. The van der Waals surface area contributed by atoms with Gasteiger partial charge in [0, 0.05) is 18.7 Å². The second-order valence-corrected chi connectivity index (χ2v) is 3.28. The minimum absolute atomic E-state index is 0.524. The van der Waals surface area contributed by atoms with Gasteiger partial charge in [0.15, 0.2) is 0 Å². The van der Waals surface area contributed by atoms with Gasteiger partial charge in [-0.25, -0.2) is 0 Å². The largest absolute Gasteiger partial charge is 0.495 e. The molecule has 0 bridgehead atoms. The molecule has 1 aromatic heterocycles. The second kappa shape index (κ2) is 3.75. The predicted molar refractivity (Wildman–Crippen MR) is 51.0 cm³/mol. The fraction of sp³-hybridized carbons (Fsp3) is 0.500. The molecule has 1 aliphatic rings. The zero-order valence-corrected chi connectivity index (χ0v) is 7.79. The highest BCUT2D eigenvalue weighted by Crippen LogP contribution is 2.27. The molecule has 0 aromatic carbocycles. The number of ether oxygens (including phenoxy) is 1. The Morgan fingerprint density at radius 1 is 1.62 bits per heavy atom. The summed E-state index contributed by atoms with van der Waals surface area (Å²) in [5.41, 5.74) is 1.09. The first-order chi connectivity index (χ1) is 6.42. The topological polar surface area (TPSA) is 34.1 Å². The standard InChI is InChI=1S/C10H14N2O/c1-13-9-3-2-5-12-10(9)8-4-6-11-7-8/h2-3,5,8,11H,4,6-7H2,1H3/t8-/m0/s1. The second-order valence-electron chi connectivity index (χ2n) is 3.28. The maximum Gasteiger partial charge on any atom is 0.140 e. The molecule has 1 saturated heterocycles. The van der Waals surface area contributed by atoms with E-state index in [4.69, 9.17) is 4.74 Å². The summed E-state index contributed by atoms with van der Waals surface area (Å²) in [4.78, 5) is 4.37. The summed E-state index contributed by atoms with van der Waals surface area (Å²) in [6.07, 6.45) is 2.99. The molecule has 0 amide bonds. The zero-order chi connectivity index (χ0) is 9.10. The van der Waals surface area contributed by atoms with Crippen LogP contribution in [0.25, 0.3) is 0 Å². The van der Waals surface area contributed by atoms with Crippen LogP contribution in [0.4, 0.5) is 0 Å². The fourth-order valence-corrected chi connectivity index (χ4v) is 1.77. The average Bonchev–Trinajstić information content (AvgIpc) is 2.70. The van der Waals surface area contributed by atoms with Crippen molar-refractivity contribution in [3.8, 4) is 5.75 Å². The zero-order valence-electron chi connectivity index (χ0n) is 7.79. The van der Waals surface area contributed by atoms with E-state index in [9.17, 15) is 0 Å². The Morgan fingerprint density at radius 2 is 2.54 bits per heavy atom. The number of nitrogens with zero attached hydrogens (tertiary/aromatic N) is 1. The normalized spacial score (nSPS) is 21.8. The molecule has 1 aromatic rings. The van der Waals surface area contributed by atoms with Gasteiger partial charge in [0.05, 0.1) is 12.8 Å². The van der Waals surface area contributed by atoms with Crippen LogP contribution in [-0.4, -0.2) is 25.2 Å². The third-order valence-electron chi connectivity index (χ3n) is 2.47. The Labute approximate surface area is 78.1 Å². The van der Waals surface area contributed by atoms with E-state index in [1.807, 2.05) is 18.3 Å². The van der Waals surface area contributed by atoms with E-state index in [0.717, 1.165) is 31.0 Å². The minimum atomic E-state index is 0.524. The van der Waals surface area contributed by atoms with Crippen molar-refractivity contribution < 1.29 is 4.74 Å². The smallest absolute Gasteiger partial charge is 0.140 e. The molecule has 0 unspecified atom stereocenters. The highest BCUT2D eigenvalue weighted by molar-refractivity contribution is 5.30. The van der Waals surface area contributed by atoms with Crippen LogP contribution in [0.3, 0.4) is 0 Å². The maximum atomic E-state index is 5.27. The van der Waals surface area contributed by atoms with Gasteiger partial charge in [0.2, 0.25) is 0 Å². The number of rotatable bonds is 2. The Bertz CT molecular complexity index is 282. The van der Waals surface area contributed by atoms with Crippen LogP contribution in [0.1, 0.15) is 18.0 Å². The molecule has 1 aliphatic heterocycles. The lowest BCUT2D eigenvalue weighted by atomic mass is 10.0. The summed E-state index contributed by atoms with van der Waals surface area (Å²) in [5, 5.41) is 3.33. The van der Waals surface area contributed by atoms with Crippen molar-refractivity contribution in [2.75, 3.05) is 20.2 Å². The summed E-state index contributed by atoms with van der Waals surface area (Å²) >= 11 is 0. The van der Waals surface area contributed by atoms with Gasteiger partial charge in [0.25, 0.3) is 0 Å². The number of methoxy groups -OCH3 is 1. The predicted octanol–water partition coefficient (Wildman–Crippen LogP) is 1.17. The van der Waals surface area contributed by atoms with Crippen molar-refractivity contribution in [1.29, 1.82) is 0 Å². The van der Waals surface area contributed by atoms with Crippen molar-refractivity contribution in [2.45, 2.75) is 12.3 Å². The molecule has 0 aliphatic carbocycles. The average molecular weight is 178 g/mol. The van der Waals surface area contributed by atoms with E-state index in [2.05, 4.69) is 10.3 Å². The lowest BCUT2D eigenvalue weighted by Crippen LogP contribution is -2.09. The number of nitrogens with one attached hydrogen (secondary N) is 1. The fourth-order valence-electron chi connectivity index (χ4n) is 1.77. The first-order valence-corrected chi connectivity index (χ1v) is 4.61. The SMILES string of the molecule is COc1cccnc1[C@H]1CCNC1. The number of hydrogen-bond acceptors (Lipinski definition) is 3. The van der Waals surface area contributed by atoms with Gasteiger partial charge in [-0.15, -0.1) is 0 Å². The van der Waals surface area contributed by atoms with Gasteiger partial charge >= 0.3 is 0 Å². The first-order valence-electron chi connectivity index (χ1n) is 4.61. The number of aromatic nitrogens is 1. The third-order valence-corrected chi connectivity index (χ3v) is 2.47. The van der Waals surface area contributed by atoms with E-state index in [0.29, 0.717) is 5.92 Å². The molecule has 0 saturated carbocycles. The van der Waals surface area contributed by atoms with Gasteiger partial charge < -0.3 is 10.1 Å². The Morgan fingerprint density at radius 3 is 3.23 bits per heavy atom.